The summed E-state index contributed by atoms with van der Waals surface area (Å²) in [6, 6.07) is 12.8. The lowest BCUT2D eigenvalue weighted by Crippen LogP contribution is -2.35. The molecule has 5 nitrogen and oxygen atoms in total. The van der Waals surface area contributed by atoms with Crippen molar-refractivity contribution in [2.45, 2.75) is 26.3 Å². The van der Waals surface area contributed by atoms with Gasteiger partial charge in [-0.25, -0.2) is 0 Å². The molecule has 1 N–H and O–H groups in total. The molecular formula is C20H22ClN3O2. The van der Waals surface area contributed by atoms with Gasteiger partial charge in [0.2, 0.25) is 11.8 Å². The van der Waals surface area contributed by atoms with Gasteiger partial charge in [-0.15, -0.1) is 0 Å². The van der Waals surface area contributed by atoms with Crippen LogP contribution in [0.3, 0.4) is 0 Å². The molecule has 0 spiro atoms. The van der Waals surface area contributed by atoms with Gasteiger partial charge in [0, 0.05) is 35.8 Å². The second-order valence-electron chi connectivity index (χ2n) is 6.64. The first-order chi connectivity index (χ1) is 12.5. The number of nitrogens with one attached hydrogen (secondary N) is 1. The van der Waals surface area contributed by atoms with Gasteiger partial charge in [-0.1, -0.05) is 24.6 Å². The molecule has 2 aromatic rings. The number of carbonyl (C=O) groups excluding carboxylic acids is 2. The fraction of sp³-hybridized carbons (Fsp3) is 0.350. The van der Waals surface area contributed by atoms with Crippen molar-refractivity contribution in [1.82, 2.24) is 10.3 Å². The molecular weight excluding hydrogens is 350 g/mol. The van der Waals surface area contributed by atoms with Crippen LogP contribution in [-0.2, 0) is 16.1 Å². The SMILES string of the molecule is CC1CC1C(=O)NCCC(=O)N(Cc1ccccn1)c1ccc(Cl)cc1. The summed E-state index contributed by atoms with van der Waals surface area (Å²) in [5.41, 5.74) is 1.55. The number of hydrogen-bond donors (Lipinski definition) is 1. The fourth-order valence-corrected chi connectivity index (χ4v) is 2.97. The van der Waals surface area contributed by atoms with E-state index in [-0.39, 0.29) is 24.2 Å². The fourth-order valence-electron chi connectivity index (χ4n) is 2.84. The van der Waals surface area contributed by atoms with Gasteiger partial charge in [0.15, 0.2) is 0 Å². The van der Waals surface area contributed by atoms with Crippen LogP contribution in [0, 0.1) is 11.8 Å². The van der Waals surface area contributed by atoms with Crippen LogP contribution >= 0.6 is 11.6 Å². The number of aromatic nitrogens is 1. The summed E-state index contributed by atoms with van der Waals surface area (Å²) in [5, 5.41) is 3.48. The van der Waals surface area contributed by atoms with Crippen LogP contribution in [0.5, 0.6) is 0 Å². The van der Waals surface area contributed by atoms with Crippen LogP contribution in [0.15, 0.2) is 48.7 Å². The Morgan fingerprint density at radius 3 is 2.58 bits per heavy atom. The molecule has 1 aromatic carbocycles. The van der Waals surface area contributed by atoms with Crippen LogP contribution < -0.4 is 10.2 Å². The maximum Gasteiger partial charge on any atom is 0.229 e. The highest BCUT2D eigenvalue weighted by Crippen LogP contribution is 2.37. The third-order valence-electron chi connectivity index (χ3n) is 4.57. The summed E-state index contributed by atoms with van der Waals surface area (Å²) >= 11 is 5.96. The number of benzene rings is 1. The first-order valence-corrected chi connectivity index (χ1v) is 9.16. The van der Waals surface area contributed by atoms with Crippen molar-refractivity contribution in [2.24, 2.45) is 11.8 Å². The number of nitrogens with zero attached hydrogens (tertiary/aromatic N) is 2. The first kappa shape index (κ1) is 18.4. The van der Waals surface area contributed by atoms with Crippen molar-refractivity contribution in [3.8, 4) is 0 Å². The number of amides is 2. The largest absolute Gasteiger partial charge is 0.355 e. The van der Waals surface area contributed by atoms with E-state index in [1.165, 1.54) is 0 Å². The van der Waals surface area contributed by atoms with E-state index in [9.17, 15) is 9.59 Å². The van der Waals surface area contributed by atoms with E-state index in [2.05, 4.69) is 17.2 Å². The summed E-state index contributed by atoms with van der Waals surface area (Å²) in [6.07, 6.45) is 2.88. The molecule has 26 heavy (non-hydrogen) atoms. The van der Waals surface area contributed by atoms with Crippen LogP contribution in [0.25, 0.3) is 0 Å². The molecule has 6 heteroatoms. The maximum atomic E-state index is 12.8. The molecule has 1 heterocycles. The second-order valence-corrected chi connectivity index (χ2v) is 7.07. The lowest BCUT2D eigenvalue weighted by molar-refractivity contribution is -0.122. The van der Waals surface area contributed by atoms with Crippen LogP contribution in [0.4, 0.5) is 5.69 Å². The summed E-state index contributed by atoms with van der Waals surface area (Å²) < 4.78 is 0. The Morgan fingerprint density at radius 1 is 1.23 bits per heavy atom. The third kappa shape index (κ3) is 4.82. The number of pyridine rings is 1. The summed E-state index contributed by atoms with van der Waals surface area (Å²) in [4.78, 5) is 30.7. The molecule has 0 radical (unpaired) electrons. The predicted octanol–water partition coefficient (Wildman–Crippen LogP) is 3.43. The highest BCUT2D eigenvalue weighted by atomic mass is 35.5. The minimum Gasteiger partial charge on any atom is -0.355 e. The van der Waals surface area contributed by atoms with Gasteiger partial charge in [-0.3, -0.25) is 14.6 Å². The minimum atomic E-state index is -0.0675. The number of anilines is 1. The van der Waals surface area contributed by atoms with Crippen molar-refractivity contribution >= 4 is 29.1 Å². The zero-order chi connectivity index (χ0) is 18.5. The quantitative estimate of drug-likeness (QED) is 0.811. The van der Waals surface area contributed by atoms with Gasteiger partial charge < -0.3 is 10.2 Å². The molecule has 136 valence electrons. The van der Waals surface area contributed by atoms with E-state index < -0.39 is 0 Å². The average molecular weight is 372 g/mol. The second kappa shape index (κ2) is 8.32. The van der Waals surface area contributed by atoms with E-state index in [1.807, 2.05) is 30.3 Å². The molecule has 2 unspecified atom stereocenters. The topological polar surface area (TPSA) is 62.3 Å². The molecule has 0 bridgehead atoms. The van der Waals surface area contributed by atoms with Gasteiger partial charge in [0.05, 0.1) is 12.2 Å². The van der Waals surface area contributed by atoms with E-state index in [0.717, 1.165) is 17.8 Å². The Bertz CT molecular complexity index is 764. The minimum absolute atomic E-state index is 0.0491. The van der Waals surface area contributed by atoms with Gasteiger partial charge in [0.1, 0.15) is 0 Å². The molecule has 1 fully saturated rings. The van der Waals surface area contributed by atoms with Crippen molar-refractivity contribution < 1.29 is 9.59 Å². The Balaban J connectivity index is 1.64. The number of hydrogen-bond acceptors (Lipinski definition) is 3. The molecule has 1 aliphatic carbocycles. The third-order valence-corrected chi connectivity index (χ3v) is 4.82. The Labute approximate surface area is 158 Å². The normalized spacial score (nSPS) is 18.2. The van der Waals surface area contributed by atoms with Crippen molar-refractivity contribution in [3.05, 3.63) is 59.4 Å². The molecule has 1 saturated carbocycles. The monoisotopic (exact) mass is 371 g/mol. The van der Waals surface area contributed by atoms with Crippen molar-refractivity contribution in [1.29, 1.82) is 0 Å². The number of carbonyl (C=O) groups is 2. The molecule has 2 amide bonds. The van der Waals surface area contributed by atoms with Gasteiger partial charge in [-0.05, 0) is 48.7 Å². The first-order valence-electron chi connectivity index (χ1n) is 8.78. The molecule has 0 saturated heterocycles. The number of halogens is 1. The predicted molar refractivity (Wildman–Crippen MR) is 102 cm³/mol. The van der Waals surface area contributed by atoms with Gasteiger partial charge in [0.25, 0.3) is 0 Å². The summed E-state index contributed by atoms with van der Waals surface area (Å²) in [5.74, 6) is 0.557. The van der Waals surface area contributed by atoms with Gasteiger partial charge in [-0.2, -0.15) is 0 Å². The van der Waals surface area contributed by atoms with Crippen LogP contribution in [-0.4, -0.2) is 23.3 Å². The maximum absolute atomic E-state index is 12.8. The Morgan fingerprint density at radius 2 is 1.96 bits per heavy atom. The zero-order valence-electron chi connectivity index (χ0n) is 14.7. The summed E-state index contributed by atoms with van der Waals surface area (Å²) in [7, 11) is 0. The van der Waals surface area contributed by atoms with Crippen molar-refractivity contribution in [2.75, 3.05) is 11.4 Å². The zero-order valence-corrected chi connectivity index (χ0v) is 15.4. The highest BCUT2D eigenvalue weighted by Gasteiger charge is 2.38. The molecule has 1 aromatic heterocycles. The Kier molecular flexibility index (Phi) is 5.89. The molecule has 1 aliphatic rings. The van der Waals surface area contributed by atoms with E-state index in [0.29, 0.717) is 24.0 Å². The smallest absolute Gasteiger partial charge is 0.229 e. The Hall–Kier alpha value is -2.40. The van der Waals surface area contributed by atoms with E-state index >= 15 is 0 Å². The molecule has 2 atom stereocenters. The molecule has 3 rings (SSSR count). The van der Waals surface area contributed by atoms with Crippen LogP contribution in [0.2, 0.25) is 5.02 Å². The highest BCUT2D eigenvalue weighted by molar-refractivity contribution is 6.30. The number of rotatable bonds is 7. The standard InChI is InChI=1S/C20H22ClN3O2/c1-14-12-18(14)20(26)23-11-9-19(25)24(13-16-4-2-3-10-22-16)17-7-5-15(21)6-8-17/h2-8,10,14,18H,9,11-13H2,1H3,(H,23,26). The van der Waals surface area contributed by atoms with Crippen LogP contribution in [0.1, 0.15) is 25.5 Å². The van der Waals surface area contributed by atoms with E-state index in [4.69, 9.17) is 11.6 Å². The average Bonchev–Trinajstić information content (AvgIpc) is 3.38. The molecule has 0 aliphatic heterocycles. The van der Waals surface area contributed by atoms with E-state index in [1.54, 1.807) is 23.2 Å². The van der Waals surface area contributed by atoms with Crippen molar-refractivity contribution in [3.63, 3.8) is 0 Å². The summed E-state index contributed by atoms with van der Waals surface area (Å²) in [6.45, 7) is 2.77. The lowest BCUT2D eigenvalue weighted by Gasteiger charge is -2.23. The lowest BCUT2D eigenvalue weighted by atomic mass is 10.2. The van der Waals surface area contributed by atoms with Gasteiger partial charge >= 0.3 is 0 Å².